The van der Waals surface area contributed by atoms with E-state index >= 15 is 0 Å². The van der Waals surface area contributed by atoms with Gasteiger partial charge in [-0.05, 0) is 31.2 Å². The molecule has 5 aromatic rings. The zero-order valence-electron chi connectivity index (χ0n) is 16.6. The molecule has 0 aliphatic heterocycles. The SMILES string of the molecule is CCn1c(CSc2nc3ccccc3s2)nnc1SCc1nnc(-c2ccccc2)o1. The fourth-order valence-electron chi connectivity index (χ4n) is 3.02. The van der Waals surface area contributed by atoms with Gasteiger partial charge in [-0.25, -0.2) is 4.98 Å². The number of para-hydroxylation sites is 1. The molecular formula is C21H18N6OS3. The van der Waals surface area contributed by atoms with Gasteiger partial charge in [0.25, 0.3) is 0 Å². The average molecular weight is 467 g/mol. The Morgan fingerprint density at radius 3 is 2.58 bits per heavy atom. The molecule has 0 radical (unpaired) electrons. The van der Waals surface area contributed by atoms with Gasteiger partial charge in [0.15, 0.2) is 9.50 Å². The molecule has 10 heteroatoms. The molecule has 0 saturated carbocycles. The molecule has 0 aliphatic rings. The standard InChI is InChI=1S/C21H18N6OS3/c1-2-27-17(12-30-21-22-15-10-6-7-11-16(15)31-21)23-26-20(27)29-13-18-24-25-19(28-18)14-8-4-3-5-9-14/h3-11H,2,12-13H2,1H3. The highest BCUT2D eigenvalue weighted by Gasteiger charge is 2.15. The quantitative estimate of drug-likeness (QED) is 0.276. The van der Waals surface area contributed by atoms with Crippen LogP contribution in [0.1, 0.15) is 18.6 Å². The average Bonchev–Trinajstić information content (AvgIpc) is 3.54. The lowest BCUT2D eigenvalue weighted by Crippen LogP contribution is -2.02. The maximum atomic E-state index is 5.79. The number of hydrogen-bond acceptors (Lipinski definition) is 9. The summed E-state index contributed by atoms with van der Waals surface area (Å²) in [6, 6.07) is 18.0. The molecule has 3 aromatic heterocycles. The normalized spacial score (nSPS) is 11.4. The summed E-state index contributed by atoms with van der Waals surface area (Å²) >= 11 is 4.95. The van der Waals surface area contributed by atoms with E-state index in [0.29, 0.717) is 17.5 Å². The van der Waals surface area contributed by atoms with E-state index in [2.05, 4.69) is 42.9 Å². The topological polar surface area (TPSA) is 82.5 Å². The van der Waals surface area contributed by atoms with Crippen molar-refractivity contribution in [1.29, 1.82) is 0 Å². The summed E-state index contributed by atoms with van der Waals surface area (Å²) in [5.41, 5.74) is 1.95. The highest BCUT2D eigenvalue weighted by molar-refractivity contribution is 8.00. The maximum absolute atomic E-state index is 5.79. The number of hydrogen-bond donors (Lipinski definition) is 0. The monoisotopic (exact) mass is 466 g/mol. The van der Waals surface area contributed by atoms with Crippen LogP contribution in [-0.2, 0) is 18.1 Å². The minimum absolute atomic E-state index is 0.529. The number of fused-ring (bicyclic) bond motifs is 1. The van der Waals surface area contributed by atoms with Crippen LogP contribution in [0.2, 0.25) is 0 Å². The van der Waals surface area contributed by atoms with Gasteiger partial charge < -0.3 is 8.98 Å². The predicted octanol–water partition coefficient (Wildman–Crippen LogP) is 5.54. The van der Waals surface area contributed by atoms with Crippen molar-refractivity contribution in [3.63, 3.8) is 0 Å². The third-order valence-electron chi connectivity index (χ3n) is 4.52. The van der Waals surface area contributed by atoms with Gasteiger partial charge in [0.1, 0.15) is 5.82 Å². The molecule has 156 valence electrons. The Morgan fingerprint density at radius 1 is 0.903 bits per heavy atom. The molecule has 31 heavy (non-hydrogen) atoms. The second kappa shape index (κ2) is 9.21. The molecule has 0 fully saturated rings. The molecule has 0 unspecified atom stereocenters. The molecule has 0 aliphatic carbocycles. The van der Waals surface area contributed by atoms with Crippen molar-refractivity contribution in [2.24, 2.45) is 0 Å². The number of thiazole rings is 1. The number of thioether (sulfide) groups is 2. The van der Waals surface area contributed by atoms with Crippen molar-refractivity contribution in [2.75, 3.05) is 0 Å². The van der Waals surface area contributed by atoms with E-state index in [1.54, 1.807) is 34.9 Å². The Balaban J connectivity index is 1.24. The second-order valence-corrected chi connectivity index (χ2v) is 9.73. The summed E-state index contributed by atoms with van der Waals surface area (Å²) in [6.07, 6.45) is 0. The predicted molar refractivity (Wildman–Crippen MR) is 124 cm³/mol. The van der Waals surface area contributed by atoms with Gasteiger partial charge in [-0.1, -0.05) is 53.9 Å². The van der Waals surface area contributed by atoms with E-state index < -0.39 is 0 Å². The molecule has 0 bridgehead atoms. The number of benzene rings is 2. The van der Waals surface area contributed by atoms with E-state index in [-0.39, 0.29) is 0 Å². The highest BCUT2D eigenvalue weighted by Crippen LogP contribution is 2.32. The van der Waals surface area contributed by atoms with E-state index in [9.17, 15) is 0 Å². The lowest BCUT2D eigenvalue weighted by molar-refractivity contribution is 0.528. The van der Waals surface area contributed by atoms with Crippen LogP contribution in [0.15, 0.2) is 68.5 Å². The summed E-state index contributed by atoms with van der Waals surface area (Å²) in [4.78, 5) is 4.68. The zero-order valence-corrected chi connectivity index (χ0v) is 19.1. The van der Waals surface area contributed by atoms with Crippen LogP contribution in [-0.4, -0.2) is 29.9 Å². The Hall–Kier alpha value is -2.69. The first-order valence-corrected chi connectivity index (χ1v) is 12.5. The van der Waals surface area contributed by atoms with Gasteiger partial charge >= 0.3 is 0 Å². The summed E-state index contributed by atoms with van der Waals surface area (Å²) in [7, 11) is 0. The van der Waals surface area contributed by atoms with Crippen molar-refractivity contribution in [1.82, 2.24) is 29.9 Å². The molecule has 3 heterocycles. The third kappa shape index (κ3) is 4.51. The maximum Gasteiger partial charge on any atom is 0.247 e. The van der Waals surface area contributed by atoms with E-state index in [4.69, 9.17) is 4.42 Å². The van der Waals surface area contributed by atoms with Crippen molar-refractivity contribution in [2.45, 2.75) is 34.5 Å². The fourth-order valence-corrected chi connectivity index (χ4v) is 5.89. The van der Waals surface area contributed by atoms with Gasteiger partial charge in [0, 0.05) is 12.1 Å². The van der Waals surface area contributed by atoms with Crippen LogP contribution in [0.25, 0.3) is 21.7 Å². The molecule has 0 atom stereocenters. The summed E-state index contributed by atoms with van der Waals surface area (Å²) in [5.74, 6) is 3.30. The van der Waals surface area contributed by atoms with Gasteiger partial charge in [-0.2, -0.15) is 0 Å². The van der Waals surface area contributed by atoms with Crippen LogP contribution >= 0.6 is 34.9 Å². The van der Waals surface area contributed by atoms with Gasteiger partial charge in [0.05, 0.1) is 21.7 Å². The van der Waals surface area contributed by atoms with E-state index in [1.807, 2.05) is 48.5 Å². The van der Waals surface area contributed by atoms with Crippen molar-refractivity contribution < 1.29 is 4.42 Å². The lowest BCUT2D eigenvalue weighted by Gasteiger charge is -2.05. The Labute approximate surface area is 191 Å². The molecule has 7 nitrogen and oxygen atoms in total. The number of aromatic nitrogens is 6. The smallest absolute Gasteiger partial charge is 0.247 e. The molecule has 5 rings (SSSR count). The molecule has 0 spiro atoms. The zero-order chi connectivity index (χ0) is 21.0. The van der Waals surface area contributed by atoms with Crippen molar-refractivity contribution >= 4 is 45.1 Å². The Kier molecular flexibility index (Phi) is 6.01. The Bertz CT molecular complexity index is 1260. The third-order valence-corrected chi connectivity index (χ3v) is 7.65. The highest BCUT2D eigenvalue weighted by atomic mass is 32.2. The minimum atomic E-state index is 0.529. The first-order chi connectivity index (χ1) is 15.3. The first-order valence-electron chi connectivity index (χ1n) is 9.71. The van der Waals surface area contributed by atoms with Crippen LogP contribution in [0.5, 0.6) is 0 Å². The second-order valence-electron chi connectivity index (χ2n) is 6.53. The first kappa shape index (κ1) is 20.2. The molecule has 2 aromatic carbocycles. The summed E-state index contributed by atoms with van der Waals surface area (Å²) < 4.78 is 10.2. The molecule has 0 amide bonds. The van der Waals surface area contributed by atoms with Crippen molar-refractivity contribution in [3.8, 4) is 11.5 Å². The van der Waals surface area contributed by atoms with Gasteiger partial charge in [-0.3, -0.25) is 0 Å². The van der Waals surface area contributed by atoms with Gasteiger partial charge in [0.2, 0.25) is 11.8 Å². The lowest BCUT2D eigenvalue weighted by atomic mass is 10.2. The molecule has 0 saturated heterocycles. The number of rotatable bonds is 8. The van der Waals surface area contributed by atoms with Crippen LogP contribution in [0, 0.1) is 0 Å². The van der Waals surface area contributed by atoms with Crippen molar-refractivity contribution in [3.05, 3.63) is 66.3 Å². The molecular weight excluding hydrogens is 448 g/mol. The van der Waals surface area contributed by atoms with E-state index in [1.165, 1.54) is 4.70 Å². The summed E-state index contributed by atoms with van der Waals surface area (Å²) in [5, 5.41) is 17.9. The van der Waals surface area contributed by atoms with E-state index in [0.717, 1.165) is 38.7 Å². The minimum Gasteiger partial charge on any atom is -0.420 e. The summed E-state index contributed by atoms with van der Waals surface area (Å²) in [6.45, 7) is 2.89. The van der Waals surface area contributed by atoms with Crippen LogP contribution < -0.4 is 0 Å². The van der Waals surface area contributed by atoms with Crippen LogP contribution in [0.3, 0.4) is 0 Å². The van der Waals surface area contributed by atoms with Gasteiger partial charge in [-0.15, -0.1) is 31.7 Å². The number of nitrogens with zero attached hydrogens (tertiary/aromatic N) is 6. The Morgan fingerprint density at radius 2 is 1.74 bits per heavy atom. The fraction of sp³-hybridized carbons (Fsp3) is 0.190. The largest absolute Gasteiger partial charge is 0.420 e. The van der Waals surface area contributed by atoms with Crippen LogP contribution in [0.4, 0.5) is 0 Å². The molecule has 0 N–H and O–H groups in total.